The average Bonchev–Trinajstić information content (AvgIpc) is 2.12. The van der Waals surface area contributed by atoms with E-state index in [0.29, 0.717) is 0 Å². The van der Waals surface area contributed by atoms with Gasteiger partial charge in [-0.25, -0.2) is 0 Å². The lowest BCUT2D eigenvalue weighted by molar-refractivity contribution is 0.688. The van der Waals surface area contributed by atoms with Crippen molar-refractivity contribution in [2.24, 2.45) is 0 Å². The molecule has 1 nitrogen and oxygen atoms in total. The first-order chi connectivity index (χ1) is 3.80. The van der Waals surface area contributed by atoms with Crippen LogP contribution >= 0.6 is 0 Å². The summed E-state index contributed by atoms with van der Waals surface area (Å²) in [5.41, 5.74) is 0. The van der Waals surface area contributed by atoms with Gasteiger partial charge in [-0.15, -0.1) is 0 Å². The third kappa shape index (κ3) is 1.31. The molecule has 1 fully saturated rings. The summed E-state index contributed by atoms with van der Waals surface area (Å²) in [7, 11) is -0.798. The van der Waals surface area contributed by atoms with E-state index in [0.717, 1.165) is 5.25 Å². The molecule has 0 spiro atoms. The molecule has 0 bridgehead atoms. The van der Waals surface area contributed by atoms with Crippen LogP contribution in [0.4, 0.5) is 0 Å². The molecule has 0 aromatic heterocycles. The van der Waals surface area contributed by atoms with E-state index in [1.807, 2.05) is 25.7 Å². The van der Waals surface area contributed by atoms with Crippen molar-refractivity contribution in [3.05, 3.63) is 30.9 Å². The zero-order valence-corrected chi connectivity index (χ0v) is 5.44. The van der Waals surface area contributed by atoms with Crippen LogP contribution in [0.15, 0.2) is 0 Å². The van der Waals surface area contributed by atoms with Crippen molar-refractivity contribution >= 4 is 10.8 Å². The second-order valence-electron chi connectivity index (χ2n) is 1.57. The van der Waals surface area contributed by atoms with Gasteiger partial charge in [0.25, 0.3) is 0 Å². The van der Waals surface area contributed by atoms with Crippen molar-refractivity contribution in [2.75, 3.05) is 6.26 Å². The number of hydrogen-bond donors (Lipinski definition) is 0. The maximum absolute atomic E-state index is 10.6. The van der Waals surface area contributed by atoms with E-state index in [2.05, 4.69) is 0 Å². The highest BCUT2D eigenvalue weighted by Crippen LogP contribution is 2.24. The molecule has 0 aromatic carbocycles. The van der Waals surface area contributed by atoms with E-state index in [-0.39, 0.29) is 0 Å². The minimum absolute atomic E-state index is 0.798. The lowest BCUT2D eigenvalue weighted by atomic mass is 10.4. The predicted molar refractivity (Wildman–Crippen MR) is 34.5 cm³/mol. The number of rotatable bonds is 1. The zero-order chi connectivity index (χ0) is 5.98. The van der Waals surface area contributed by atoms with Gasteiger partial charge < -0.3 is 0 Å². The molecule has 0 saturated heterocycles. The van der Waals surface area contributed by atoms with Crippen molar-refractivity contribution in [3.63, 3.8) is 0 Å². The Balaban J connectivity index is 2.35. The quantitative estimate of drug-likeness (QED) is 0.507. The second kappa shape index (κ2) is 2.62. The lowest BCUT2D eigenvalue weighted by Gasteiger charge is -1.98. The highest BCUT2D eigenvalue weighted by molar-refractivity contribution is 7.87. The molecule has 8 heavy (non-hydrogen) atoms. The average molecular weight is 127 g/mol. The van der Waals surface area contributed by atoms with Gasteiger partial charge in [0.15, 0.2) is 0 Å². The van der Waals surface area contributed by atoms with Crippen molar-refractivity contribution in [2.45, 2.75) is 0 Å². The Labute approximate surface area is 52.9 Å². The van der Waals surface area contributed by atoms with Gasteiger partial charge in [-0.1, -0.05) is 0 Å². The first-order valence-corrected chi connectivity index (χ1v) is 3.91. The van der Waals surface area contributed by atoms with E-state index in [4.69, 9.17) is 0 Å². The molecule has 2 heteroatoms. The van der Waals surface area contributed by atoms with Crippen molar-refractivity contribution in [1.82, 2.24) is 0 Å². The summed E-state index contributed by atoms with van der Waals surface area (Å²) in [5.74, 6) is 0. The van der Waals surface area contributed by atoms with Gasteiger partial charge in [-0.3, -0.25) is 4.21 Å². The summed E-state index contributed by atoms with van der Waals surface area (Å²) in [4.78, 5) is 0. The monoisotopic (exact) mass is 127 g/mol. The van der Waals surface area contributed by atoms with Gasteiger partial charge in [0, 0.05) is 17.1 Å². The van der Waals surface area contributed by atoms with Crippen LogP contribution in [0.2, 0.25) is 0 Å². The van der Waals surface area contributed by atoms with Crippen LogP contribution in [0, 0.1) is 30.9 Å². The summed E-state index contributed by atoms with van der Waals surface area (Å²) in [6, 6.07) is 0. The van der Waals surface area contributed by atoms with E-state index < -0.39 is 10.8 Å². The topological polar surface area (TPSA) is 17.1 Å². The molecule has 0 unspecified atom stereocenters. The van der Waals surface area contributed by atoms with Crippen LogP contribution in [0.25, 0.3) is 0 Å². The molecule has 1 aliphatic rings. The largest absolute Gasteiger partial charge is 0.259 e. The molecule has 43 valence electrons. The molecular formula is C6H7OS. The van der Waals surface area contributed by atoms with Gasteiger partial charge in [0.1, 0.15) is 0 Å². The van der Waals surface area contributed by atoms with E-state index in [1.54, 1.807) is 6.26 Å². The minimum atomic E-state index is -0.798. The van der Waals surface area contributed by atoms with E-state index in [1.165, 1.54) is 0 Å². The van der Waals surface area contributed by atoms with Crippen LogP contribution in [-0.4, -0.2) is 10.5 Å². The predicted octanol–water partition coefficient (Wildman–Crippen LogP) is 0.728. The molecule has 0 aliphatic heterocycles. The maximum Gasteiger partial charge on any atom is 0.0701 e. The smallest absolute Gasteiger partial charge is 0.0701 e. The molecule has 0 N–H and O–H groups in total. The first-order valence-electron chi connectivity index (χ1n) is 2.36. The Morgan fingerprint density at radius 3 is 2.12 bits per heavy atom. The lowest BCUT2D eigenvalue weighted by Crippen LogP contribution is -1.98. The van der Waals surface area contributed by atoms with Crippen molar-refractivity contribution < 1.29 is 4.21 Å². The molecular weight excluding hydrogens is 120 g/mol. The molecule has 5 radical (unpaired) electrons. The Kier molecular flexibility index (Phi) is 2.06. The van der Waals surface area contributed by atoms with Gasteiger partial charge in [-0.2, -0.15) is 0 Å². The highest BCUT2D eigenvalue weighted by atomic mass is 32.2. The van der Waals surface area contributed by atoms with Crippen LogP contribution in [0.3, 0.4) is 0 Å². The van der Waals surface area contributed by atoms with Crippen LogP contribution < -0.4 is 0 Å². The Hall–Kier alpha value is 0.150. The highest BCUT2D eigenvalue weighted by Gasteiger charge is 2.19. The SMILES string of the molecule is C[S@](=O)[C]1[CH][CH][CH][CH]1. The van der Waals surface area contributed by atoms with Crippen LogP contribution in [-0.2, 0) is 10.8 Å². The van der Waals surface area contributed by atoms with Crippen LogP contribution in [0.5, 0.6) is 0 Å². The van der Waals surface area contributed by atoms with Gasteiger partial charge in [-0.05, 0) is 25.7 Å². The first kappa shape index (κ1) is 6.27. The minimum Gasteiger partial charge on any atom is -0.259 e. The fourth-order valence-electron chi connectivity index (χ4n) is 0.548. The third-order valence-corrected chi connectivity index (χ3v) is 1.90. The van der Waals surface area contributed by atoms with E-state index in [9.17, 15) is 4.21 Å². The molecule has 1 aliphatic carbocycles. The fourth-order valence-corrected chi connectivity index (χ4v) is 1.09. The van der Waals surface area contributed by atoms with Crippen molar-refractivity contribution in [1.29, 1.82) is 0 Å². The van der Waals surface area contributed by atoms with Crippen LogP contribution in [0.1, 0.15) is 0 Å². The number of hydrogen-bond acceptors (Lipinski definition) is 1. The normalized spacial score (nSPS) is 26.1. The van der Waals surface area contributed by atoms with Gasteiger partial charge in [0.05, 0.1) is 5.25 Å². The van der Waals surface area contributed by atoms with Gasteiger partial charge in [0.2, 0.25) is 0 Å². The second-order valence-corrected chi connectivity index (χ2v) is 2.95. The summed E-state index contributed by atoms with van der Waals surface area (Å²) >= 11 is 0. The zero-order valence-electron chi connectivity index (χ0n) is 4.63. The summed E-state index contributed by atoms with van der Waals surface area (Å²) in [5, 5.41) is 0.907. The Morgan fingerprint density at radius 2 is 1.88 bits per heavy atom. The molecule has 0 aromatic rings. The van der Waals surface area contributed by atoms with E-state index >= 15 is 0 Å². The maximum atomic E-state index is 10.6. The third-order valence-electron chi connectivity index (χ3n) is 0.964. The summed E-state index contributed by atoms with van der Waals surface area (Å²) in [6.07, 6.45) is 9.16. The molecule has 0 amide bonds. The van der Waals surface area contributed by atoms with Gasteiger partial charge >= 0.3 is 0 Å². The Morgan fingerprint density at radius 1 is 1.38 bits per heavy atom. The fraction of sp³-hybridized carbons (Fsp3) is 0.167. The standard InChI is InChI=1S/C6H7OS/c1-8(7)6-4-2-3-5-6/h2-5H,1H3/t8-/m0/s1. The Bertz CT molecular complexity index is 94.7. The summed E-state index contributed by atoms with van der Waals surface area (Å²) < 4.78 is 10.6. The molecule has 1 atom stereocenters. The van der Waals surface area contributed by atoms with Crippen molar-refractivity contribution in [3.8, 4) is 0 Å². The molecule has 0 heterocycles. The molecule has 1 saturated carbocycles. The molecule has 1 rings (SSSR count). The summed E-state index contributed by atoms with van der Waals surface area (Å²) in [6.45, 7) is 0.